The molecule has 142 valence electrons. The van der Waals surface area contributed by atoms with Crippen molar-refractivity contribution in [2.45, 2.75) is 38.6 Å². The zero-order valence-corrected chi connectivity index (χ0v) is 15.7. The lowest BCUT2D eigenvalue weighted by atomic mass is 9.97. The van der Waals surface area contributed by atoms with Crippen LogP contribution in [0.1, 0.15) is 48.0 Å². The number of benzene rings is 1. The zero-order valence-electron chi connectivity index (χ0n) is 15.7. The van der Waals surface area contributed by atoms with E-state index in [0.717, 1.165) is 24.3 Å². The topological polar surface area (TPSA) is 76.1 Å². The number of rotatable bonds is 8. The largest absolute Gasteiger partial charge is 0.497 e. The average Bonchev–Trinajstić information content (AvgIpc) is 2.73. The molecule has 2 aromatic rings. The summed E-state index contributed by atoms with van der Waals surface area (Å²) in [6.07, 6.45) is 11.5. The van der Waals surface area contributed by atoms with Crippen molar-refractivity contribution in [3.63, 3.8) is 0 Å². The van der Waals surface area contributed by atoms with Gasteiger partial charge in [0.15, 0.2) is 0 Å². The van der Waals surface area contributed by atoms with Crippen molar-refractivity contribution in [3.8, 4) is 5.75 Å². The van der Waals surface area contributed by atoms with Crippen molar-refractivity contribution in [1.29, 1.82) is 0 Å². The molecule has 6 heteroatoms. The second-order valence-electron chi connectivity index (χ2n) is 6.61. The molecule has 1 aliphatic carbocycles. The number of nitrogens with one attached hydrogen (secondary N) is 2. The first-order chi connectivity index (χ1) is 13.2. The average molecular weight is 366 g/mol. The lowest BCUT2D eigenvalue weighted by molar-refractivity contribution is 0.0950. The summed E-state index contributed by atoms with van der Waals surface area (Å²) in [5.74, 6) is 1.16. The van der Waals surface area contributed by atoms with Crippen LogP contribution in [0.15, 0.2) is 48.3 Å². The Kier molecular flexibility index (Phi) is 6.79. The lowest BCUT2D eigenvalue weighted by Gasteiger charge is -2.12. The predicted octanol–water partition coefficient (Wildman–Crippen LogP) is 3.72. The molecule has 0 radical (unpaired) electrons. The summed E-state index contributed by atoms with van der Waals surface area (Å²) >= 11 is 0. The Morgan fingerprint density at radius 3 is 2.59 bits per heavy atom. The van der Waals surface area contributed by atoms with Crippen LogP contribution in [0.5, 0.6) is 5.75 Å². The molecular weight excluding hydrogens is 340 g/mol. The first-order valence-corrected chi connectivity index (χ1v) is 9.39. The molecule has 1 amide bonds. The van der Waals surface area contributed by atoms with E-state index >= 15 is 0 Å². The number of hydrogen-bond acceptors (Lipinski definition) is 5. The maximum atomic E-state index is 12.2. The van der Waals surface area contributed by atoms with Crippen LogP contribution in [0.25, 0.3) is 0 Å². The van der Waals surface area contributed by atoms with Gasteiger partial charge in [0.05, 0.1) is 12.7 Å². The number of nitrogens with zero attached hydrogens (tertiary/aromatic N) is 2. The third-order valence-electron chi connectivity index (χ3n) is 4.64. The first kappa shape index (κ1) is 18.9. The fourth-order valence-electron chi connectivity index (χ4n) is 3.03. The van der Waals surface area contributed by atoms with Crippen LogP contribution in [-0.2, 0) is 6.54 Å². The number of carbonyl (C=O) groups excluding carboxylic acids is 1. The van der Waals surface area contributed by atoms with Crippen molar-refractivity contribution < 1.29 is 9.53 Å². The molecule has 1 aromatic carbocycles. The normalized spacial score (nSPS) is 13.6. The molecular formula is C21H26N4O2. The van der Waals surface area contributed by atoms with E-state index < -0.39 is 0 Å². The Bertz CT molecular complexity index is 770. The standard InChI is InChI=1S/C21H26N4O2/c1-27-19-9-7-17(8-10-19)13-23-20(26)18-14-24-21(25-15-18)22-12-11-16-5-3-2-4-6-16/h5,7-10,14-15H,2-4,6,11-13H2,1H3,(H,23,26)(H,22,24,25). The van der Waals surface area contributed by atoms with Crippen LogP contribution in [0.4, 0.5) is 5.95 Å². The van der Waals surface area contributed by atoms with Gasteiger partial charge in [-0.25, -0.2) is 9.97 Å². The van der Waals surface area contributed by atoms with Gasteiger partial charge in [0, 0.05) is 25.5 Å². The lowest BCUT2D eigenvalue weighted by Crippen LogP contribution is -2.23. The van der Waals surface area contributed by atoms with Gasteiger partial charge in [-0.15, -0.1) is 0 Å². The third kappa shape index (κ3) is 5.81. The van der Waals surface area contributed by atoms with E-state index in [9.17, 15) is 4.79 Å². The highest BCUT2D eigenvalue weighted by Gasteiger charge is 2.08. The molecule has 1 aliphatic rings. The molecule has 6 nitrogen and oxygen atoms in total. The van der Waals surface area contributed by atoms with Crippen LogP contribution in [0.3, 0.4) is 0 Å². The van der Waals surface area contributed by atoms with Crippen LogP contribution >= 0.6 is 0 Å². The molecule has 2 N–H and O–H groups in total. The Labute approximate surface area is 160 Å². The van der Waals surface area contributed by atoms with E-state index in [2.05, 4.69) is 26.7 Å². The first-order valence-electron chi connectivity index (χ1n) is 9.39. The molecule has 1 aromatic heterocycles. The highest BCUT2D eigenvalue weighted by Crippen LogP contribution is 2.19. The molecule has 27 heavy (non-hydrogen) atoms. The maximum absolute atomic E-state index is 12.2. The van der Waals surface area contributed by atoms with Crippen LogP contribution in [0.2, 0.25) is 0 Å². The molecule has 0 saturated carbocycles. The van der Waals surface area contributed by atoms with E-state index in [-0.39, 0.29) is 5.91 Å². The number of ether oxygens (including phenoxy) is 1. The van der Waals surface area contributed by atoms with Gasteiger partial charge < -0.3 is 15.4 Å². The van der Waals surface area contributed by atoms with E-state index in [1.54, 1.807) is 19.5 Å². The fourth-order valence-corrected chi connectivity index (χ4v) is 3.03. The maximum Gasteiger partial charge on any atom is 0.254 e. The smallest absolute Gasteiger partial charge is 0.254 e. The van der Waals surface area contributed by atoms with Gasteiger partial charge in [-0.1, -0.05) is 23.8 Å². The molecule has 0 spiro atoms. The van der Waals surface area contributed by atoms with E-state index in [1.807, 2.05) is 24.3 Å². The third-order valence-corrected chi connectivity index (χ3v) is 4.64. The summed E-state index contributed by atoms with van der Waals surface area (Å²) in [6.45, 7) is 1.26. The number of amides is 1. The summed E-state index contributed by atoms with van der Waals surface area (Å²) in [6, 6.07) is 7.58. The molecule has 0 fully saturated rings. The van der Waals surface area contributed by atoms with Gasteiger partial charge in [0.1, 0.15) is 5.75 Å². The van der Waals surface area contributed by atoms with Gasteiger partial charge in [-0.3, -0.25) is 4.79 Å². The van der Waals surface area contributed by atoms with Crippen LogP contribution in [-0.4, -0.2) is 29.5 Å². The summed E-state index contributed by atoms with van der Waals surface area (Å²) in [4.78, 5) is 20.7. The Morgan fingerprint density at radius 2 is 1.93 bits per heavy atom. The number of methoxy groups -OCH3 is 1. The number of carbonyl (C=O) groups is 1. The van der Waals surface area contributed by atoms with Crippen LogP contribution < -0.4 is 15.4 Å². The Morgan fingerprint density at radius 1 is 1.15 bits per heavy atom. The highest BCUT2D eigenvalue weighted by molar-refractivity contribution is 5.93. The number of anilines is 1. The summed E-state index contributed by atoms with van der Waals surface area (Å²) in [7, 11) is 1.63. The molecule has 0 bridgehead atoms. The monoisotopic (exact) mass is 366 g/mol. The number of aromatic nitrogens is 2. The van der Waals surface area contributed by atoms with E-state index in [1.165, 1.54) is 31.3 Å². The fraction of sp³-hybridized carbons (Fsp3) is 0.381. The number of hydrogen-bond donors (Lipinski definition) is 2. The molecule has 0 saturated heterocycles. The minimum Gasteiger partial charge on any atom is -0.497 e. The second kappa shape index (κ2) is 9.71. The minimum atomic E-state index is -0.190. The Hall–Kier alpha value is -2.89. The van der Waals surface area contributed by atoms with Gasteiger partial charge in [0.25, 0.3) is 5.91 Å². The SMILES string of the molecule is COc1ccc(CNC(=O)c2cnc(NCCC3=CCCCC3)nc2)cc1. The predicted molar refractivity (Wildman–Crippen MR) is 106 cm³/mol. The number of allylic oxidation sites excluding steroid dienone is 1. The van der Waals surface area contributed by atoms with Crippen molar-refractivity contribution in [2.24, 2.45) is 0 Å². The molecule has 1 heterocycles. The van der Waals surface area contributed by atoms with Crippen molar-refractivity contribution in [2.75, 3.05) is 19.0 Å². The van der Waals surface area contributed by atoms with Crippen molar-refractivity contribution >= 4 is 11.9 Å². The molecule has 0 unspecified atom stereocenters. The Balaban J connectivity index is 1.44. The van der Waals surface area contributed by atoms with E-state index in [0.29, 0.717) is 18.1 Å². The summed E-state index contributed by atoms with van der Waals surface area (Å²) in [5, 5.41) is 6.09. The van der Waals surface area contributed by atoms with Crippen LogP contribution in [0, 0.1) is 0 Å². The highest BCUT2D eigenvalue weighted by atomic mass is 16.5. The van der Waals surface area contributed by atoms with Crippen molar-refractivity contribution in [3.05, 3.63) is 59.4 Å². The van der Waals surface area contributed by atoms with Gasteiger partial charge in [0.2, 0.25) is 5.95 Å². The zero-order chi connectivity index (χ0) is 18.9. The van der Waals surface area contributed by atoms with Gasteiger partial charge >= 0.3 is 0 Å². The molecule has 0 atom stereocenters. The summed E-state index contributed by atoms with van der Waals surface area (Å²) < 4.78 is 5.12. The van der Waals surface area contributed by atoms with Gasteiger partial charge in [-0.05, 0) is 49.8 Å². The van der Waals surface area contributed by atoms with Gasteiger partial charge in [-0.2, -0.15) is 0 Å². The molecule has 3 rings (SSSR count). The molecule has 0 aliphatic heterocycles. The van der Waals surface area contributed by atoms with Crippen molar-refractivity contribution in [1.82, 2.24) is 15.3 Å². The summed E-state index contributed by atoms with van der Waals surface area (Å²) in [5.41, 5.74) is 2.97. The second-order valence-corrected chi connectivity index (χ2v) is 6.61. The minimum absolute atomic E-state index is 0.190. The van der Waals surface area contributed by atoms with E-state index in [4.69, 9.17) is 4.74 Å². The quantitative estimate of drug-likeness (QED) is 0.697.